The van der Waals surface area contributed by atoms with Crippen LogP contribution in [0.5, 0.6) is 17.2 Å². The molecule has 2 N–H and O–H groups in total. The summed E-state index contributed by atoms with van der Waals surface area (Å²) in [6.45, 7) is 2.16. The molecule has 3 aromatic rings. The number of methoxy groups -OCH3 is 1. The predicted molar refractivity (Wildman–Crippen MR) is 125 cm³/mol. The quantitative estimate of drug-likeness (QED) is 0.300. The van der Waals surface area contributed by atoms with Crippen LogP contribution in [-0.4, -0.2) is 23.1 Å². The molecule has 0 bridgehead atoms. The second-order valence-corrected chi connectivity index (χ2v) is 7.85. The van der Waals surface area contributed by atoms with Gasteiger partial charge in [-0.25, -0.2) is 0 Å². The molecule has 162 valence electrons. The fraction of sp³-hybridized carbons (Fsp3) is 0.296. The third kappa shape index (κ3) is 5.88. The molecule has 31 heavy (non-hydrogen) atoms. The highest BCUT2D eigenvalue weighted by atomic mass is 16.5. The Morgan fingerprint density at radius 1 is 1.00 bits per heavy atom. The maximum atomic E-state index is 13.2. The van der Waals surface area contributed by atoms with Crippen molar-refractivity contribution in [2.24, 2.45) is 0 Å². The van der Waals surface area contributed by atoms with E-state index < -0.39 is 0 Å². The molecule has 0 saturated carbocycles. The van der Waals surface area contributed by atoms with Gasteiger partial charge in [0.15, 0.2) is 17.3 Å². The van der Waals surface area contributed by atoms with Crippen molar-refractivity contribution in [3.8, 4) is 17.2 Å². The summed E-state index contributed by atoms with van der Waals surface area (Å²) >= 11 is 0. The van der Waals surface area contributed by atoms with Crippen molar-refractivity contribution in [2.45, 2.75) is 44.9 Å². The maximum absolute atomic E-state index is 13.2. The van der Waals surface area contributed by atoms with Crippen molar-refractivity contribution in [1.82, 2.24) is 0 Å². The Labute approximate surface area is 183 Å². The number of unbranched alkanes of at least 4 members (excludes halogenated alkanes) is 3. The van der Waals surface area contributed by atoms with Crippen LogP contribution in [0, 0.1) is 0 Å². The van der Waals surface area contributed by atoms with Gasteiger partial charge >= 0.3 is 0 Å². The van der Waals surface area contributed by atoms with Gasteiger partial charge in [-0.05, 0) is 71.5 Å². The van der Waals surface area contributed by atoms with Crippen LogP contribution in [0.3, 0.4) is 0 Å². The number of fused-ring (bicyclic) bond motifs is 1. The first-order valence-corrected chi connectivity index (χ1v) is 10.8. The van der Waals surface area contributed by atoms with Crippen LogP contribution >= 0.6 is 0 Å². The van der Waals surface area contributed by atoms with Crippen molar-refractivity contribution >= 4 is 16.6 Å². The van der Waals surface area contributed by atoms with Gasteiger partial charge in [-0.15, -0.1) is 0 Å². The zero-order valence-electron chi connectivity index (χ0n) is 18.2. The fourth-order valence-corrected chi connectivity index (χ4v) is 3.76. The van der Waals surface area contributed by atoms with E-state index in [1.807, 2.05) is 36.4 Å². The molecule has 0 aliphatic carbocycles. The molecule has 0 aromatic heterocycles. The van der Waals surface area contributed by atoms with Crippen molar-refractivity contribution in [3.05, 3.63) is 77.9 Å². The lowest BCUT2D eigenvalue weighted by atomic mass is 9.87. The molecule has 3 rings (SSSR count). The maximum Gasteiger partial charge on any atom is 0.163 e. The molecule has 0 aliphatic rings. The SMILES string of the molecule is CCCCC/C=C/C(=O)[C@H](Cc1ccc(O)c(OC)c1)c1ccc2ccc(O)cc2c1. The number of ether oxygens (including phenoxy) is 1. The van der Waals surface area contributed by atoms with Crippen LogP contribution in [0.25, 0.3) is 10.8 Å². The van der Waals surface area contributed by atoms with E-state index in [1.54, 1.807) is 30.3 Å². The third-order valence-corrected chi connectivity index (χ3v) is 5.53. The van der Waals surface area contributed by atoms with E-state index in [0.717, 1.165) is 47.6 Å². The average molecular weight is 419 g/mol. The molecular weight excluding hydrogens is 388 g/mol. The number of phenols is 2. The molecule has 0 heterocycles. The number of aromatic hydroxyl groups is 2. The lowest BCUT2D eigenvalue weighted by molar-refractivity contribution is -0.116. The van der Waals surface area contributed by atoms with E-state index >= 15 is 0 Å². The van der Waals surface area contributed by atoms with Crippen molar-refractivity contribution < 1.29 is 19.7 Å². The molecule has 0 unspecified atom stereocenters. The number of hydrogen-bond acceptors (Lipinski definition) is 4. The monoisotopic (exact) mass is 418 g/mol. The Bertz CT molecular complexity index is 1070. The number of allylic oxidation sites excluding steroid dienone is 2. The van der Waals surface area contributed by atoms with E-state index in [2.05, 4.69) is 6.92 Å². The lowest BCUT2D eigenvalue weighted by Gasteiger charge is -2.17. The summed E-state index contributed by atoms with van der Waals surface area (Å²) in [4.78, 5) is 13.2. The summed E-state index contributed by atoms with van der Waals surface area (Å²) in [5, 5.41) is 21.7. The molecule has 0 saturated heterocycles. The topological polar surface area (TPSA) is 66.8 Å². The minimum atomic E-state index is -0.372. The zero-order chi connectivity index (χ0) is 22.2. The number of carbonyl (C=O) groups is 1. The number of phenolic OH excluding ortho intramolecular Hbond substituents is 2. The van der Waals surface area contributed by atoms with Crippen LogP contribution in [0.1, 0.15) is 49.7 Å². The molecule has 0 amide bonds. The van der Waals surface area contributed by atoms with Crippen LogP contribution in [0.15, 0.2) is 66.7 Å². The smallest absolute Gasteiger partial charge is 0.163 e. The van der Waals surface area contributed by atoms with Gasteiger partial charge in [0.1, 0.15) is 5.75 Å². The molecule has 0 aliphatic heterocycles. The predicted octanol–water partition coefficient (Wildman–Crippen LogP) is 6.29. The van der Waals surface area contributed by atoms with Gasteiger partial charge in [0, 0.05) is 0 Å². The van der Waals surface area contributed by atoms with Gasteiger partial charge < -0.3 is 14.9 Å². The molecule has 3 aromatic carbocycles. The van der Waals surface area contributed by atoms with Gasteiger partial charge in [0.2, 0.25) is 0 Å². The van der Waals surface area contributed by atoms with Gasteiger partial charge in [-0.1, -0.05) is 56.2 Å². The van der Waals surface area contributed by atoms with Crippen LogP contribution in [0.2, 0.25) is 0 Å². The van der Waals surface area contributed by atoms with E-state index in [1.165, 1.54) is 7.11 Å². The molecule has 0 fully saturated rings. The Morgan fingerprint density at radius 2 is 1.81 bits per heavy atom. The van der Waals surface area contributed by atoms with E-state index in [-0.39, 0.29) is 23.2 Å². The number of ketones is 1. The van der Waals surface area contributed by atoms with Crippen LogP contribution in [0.4, 0.5) is 0 Å². The number of rotatable bonds is 10. The first-order chi connectivity index (χ1) is 15.0. The van der Waals surface area contributed by atoms with Gasteiger partial charge in [-0.3, -0.25) is 4.79 Å². The lowest BCUT2D eigenvalue weighted by Crippen LogP contribution is -2.13. The summed E-state index contributed by atoms with van der Waals surface area (Å²) in [6, 6.07) is 16.3. The molecule has 4 nitrogen and oxygen atoms in total. The molecule has 1 atom stereocenters. The summed E-state index contributed by atoms with van der Waals surface area (Å²) < 4.78 is 5.23. The van der Waals surface area contributed by atoms with Crippen LogP contribution in [-0.2, 0) is 11.2 Å². The highest BCUT2D eigenvalue weighted by molar-refractivity contribution is 5.96. The summed E-state index contributed by atoms with van der Waals surface area (Å²) in [7, 11) is 1.51. The normalized spacial score (nSPS) is 12.3. The minimum absolute atomic E-state index is 0.0445. The molecule has 4 heteroatoms. The second kappa shape index (κ2) is 10.7. The Hall–Kier alpha value is -3.27. The average Bonchev–Trinajstić information content (AvgIpc) is 2.77. The number of benzene rings is 3. The van der Waals surface area contributed by atoms with Gasteiger partial charge in [0.05, 0.1) is 13.0 Å². The zero-order valence-corrected chi connectivity index (χ0v) is 18.2. The van der Waals surface area contributed by atoms with Crippen LogP contribution < -0.4 is 4.74 Å². The Balaban J connectivity index is 1.92. The van der Waals surface area contributed by atoms with E-state index in [9.17, 15) is 15.0 Å². The summed E-state index contributed by atoms with van der Waals surface area (Å²) in [5.41, 5.74) is 1.80. The Morgan fingerprint density at radius 3 is 2.58 bits per heavy atom. The number of carbonyl (C=O) groups excluding carboxylic acids is 1. The first-order valence-electron chi connectivity index (χ1n) is 10.8. The standard InChI is InChI=1S/C27H30O4/c1-3-4-5-6-7-8-25(29)24(15-19-9-14-26(30)27(16-19)31-2)21-11-10-20-12-13-23(28)18-22(20)17-21/h7-14,16-18,24,28,30H,3-6,15H2,1-2H3/b8-7+/t24-/m1/s1. The van der Waals surface area contributed by atoms with Gasteiger partial charge in [-0.2, -0.15) is 0 Å². The minimum Gasteiger partial charge on any atom is -0.508 e. The summed E-state index contributed by atoms with van der Waals surface area (Å²) in [6.07, 6.45) is 8.43. The first kappa shape index (κ1) is 22.4. The van der Waals surface area contributed by atoms with E-state index in [4.69, 9.17) is 4.74 Å². The van der Waals surface area contributed by atoms with Crippen molar-refractivity contribution in [1.29, 1.82) is 0 Å². The highest BCUT2D eigenvalue weighted by Crippen LogP contribution is 2.31. The largest absolute Gasteiger partial charge is 0.508 e. The van der Waals surface area contributed by atoms with Gasteiger partial charge in [0.25, 0.3) is 0 Å². The second-order valence-electron chi connectivity index (χ2n) is 7.85. The summed E-state index contributed by atoms with van der Waals surface area (Å²) in [5.74, 6) is 0.339. The molecular formula is C27H30O4. The third-order valence-electron chi connectivity index (χ3n) is 5.53. The molecule has 0 spiro atoms. The number of hydrogen-bond donors (Lipinski definition) is 2. The van der Waals surface area contributed by atoms with Crippen molar-refractivity contribution in [3.63, 3.8) is 0 Å². The van der Waals surface area contributed by atoms with E-state index in [0.29, 0.717) is 12.2 Å². The fourth-order valence-electron chi connectivity index (χ4n) is 3.76. The Kier molecular flexibility index (Phi) is 7.71. The molecule has 0 radical (unpaired) electrons. The highest BCUT2D eigenvalue weighted by Gasteiger charge is 2.20. The van der Waals surface area contributed by atoms with Crippen molar-refractivity contribution in [2.75, 3.05) is 7.11 Å².